The van der Waals surface area contributed by atoms with Crippen LogP contribution in [-0.2, 0) is 6.54 Å². The van der Waals surface area contributed by atoms with Gasteiger partial charge in [0.1, 0.15) is 12.0 Å². The van der Waals surface area contributed by atoms with E-state index in [0.717, 1.165) is 26.4 Å². The zero-order valence-electron chi connectivity index (χ0n) is 10.9. The molecule has 2 N–H and O–H groups in total. The number of thiophene rings is 1. The maximum Gasteiger partial charge on any atom is 0.343 e. The van der Waals surface area contributed by atoms with Crippen molar-refractivity contribution in [3.8, 4) is 10.4 Å². The predicted octanol–water partition coefficient (Wildman–Crippen LogP) is 2.22. The van der Waals surface area contributed by atoms with Crippen molar-refractivity contribution >= 4 is 22.4 Å². The van der Waals surface area contributed by atoms with Gasteiger partial charge in [-0.25, -0.2) is 14.9 Å². The lowest BCUT2D eigenvalue weighted by Crippen LogP contribution is -2.16. The Morgan fingerprint density at radius 3 is 3.10 bits per heavy atom. The Bertz CT molecular complexity index is 961. The SMILES string of the molecule is O=c1[nH]ncn1Cc1ccc(-c2c[nH]c3ncccc23)s1. The molecular weight excluding hydrogens is 286 g/mol. The molecule has 0 bridgehead atoms. The number of aromatic amines is 2. The van der Waals surface area contributed by atoms with Gasteiger partial charge in [-0.05, 0) is 24.3 Å². The summed E-state index contributed by atoms with van der Waals surface area (Å²) in [5, 5.41) is 7.23. The molecule has 6 nitrogen and oxygen atoms in total. The minimum absolute atomic E-state index is 0.193. The van der Waals surface area contributed by atoms with Gasteiger partial charge in [0.25, 0.3) is 0 Å². The van der Waals surface area contributed by atoms with E-state index in [9.17, 15) is 4.79 Å². The summed E-state index contributed by atoms with van der Waals surface area (Å²) < 4.78 is 1.55. The second-order valence-electron chi connectivity index (χ2n) is 4.66. The third-order valence-corrected chi connectivity index (χ3v) is 4.43. The molecule has 0 spiro atoms. The van der Waals surface area contributed by atoms with Crippen LogP contribution in [0.5, 0.6) is 0 Å². The molecule has 0 aliphatic heterocycles. The fourth-order valence-electron chi connectivity index (χ4n) is 2.32. The average Bonchev–Trinajstić information content (AvgIpc) is 3.20. The van der Waals surface area contributed by atoms with E-state index in [0.29, 0.717) is 6.54 Å². The molecule has 0 unspecified atom stereocenters. The third-order valence-electron chi connectivity index (χ3n) is 3.32. The van der Waals surface area contributed by atoms with Crippen LogP contribution in [-0.4, -0.2) is 24.7 Å². The first kappa shape index (κ1) is 12.1. The third kappa shape index (κ3) is 2.07. The van der Waals surface area contributed by atoms with Crippen LogP contribution in [0.25, 0.3) is 21.5 Å². The van der Waals surface area contributed by atoms with E-state index in [2.05, 4.69) is 26.2 Å². The molecule has 21 heavy (non-hydrogen) atoms. The summed E-state index contributed by atoms with van der Waals surface area (Å²) in [6.45, 7) is 0.528. The number of nitrogens with one attached hydrogen (secondary N) is 2. The molecule has 0 saturated carbocycles. The number of aromatic nitrogens is 5. The van der Waals surface area contributed by atoms with Crippen LogP contribution in [0, 0.1) is 0 Å². The molecule has 0 amide bonds. The minimum Gasteiger partial charge on any atom is -0.345 e. The molecule has 7 heteroatoms. The quantitative estimate of drug-likeness (QED) is 0.608. The second kappa shape index (κ2) is 4.71. The van der Waals surface area contributed by atoms with Gasteiger partial charge in [-0.2, -0.15) is 5.10 Å². The smallest absolute Gasteiger partial charge is 0.343 e. The van der Waals surface area contributed by atoms with Gasteiger partial charge in [-0.15, -0.1) is 11.3 Å². The molecule has 0 fully saturated rings. The molecule has 0 atom stereocenters. The Morgan fingerprint density at radius 1 is 1.29 bits per heavy atom. The van der Waals surface area contributed by atoms with E-state index in [1.165, 1.54) is 6.33 Å². The van der Waals surface area contributed by atoms with Crippen molar-refractivity contribution in [3.63, 3.8) is 0 Å². The molecule has 4 heterocycles. The van der Waals surface area contributed by atoms with Crippen molar-refractivity contribution in [2.75, 3.05) is 0 Å². The van der Waals surface area contributed by atoms with Gasteiger partial charge in [0.15, 0.2) is 0 Å². The largest absolute Gasteiger partial charge is 0.345 e. The van der Waals surface area contributed by atoms with E-state index in [1.54, 1.807) is 22.1 Å². The van der Waals surface area contributed by atoms with Crippen LogP contribution in [0.3, 0.4) is 0 Å². The first-order valence-electron chi connectivity index (χ1n) is 6.42. The number of fused-ring (bicyclic) bond motifs is 1. The Morgan fingerprint density at radius 2 is 2.24 bits per heavy atom. The van der Waals surface area contributed by atoms with E-state index in [4.69, 9.17) is 0 Å². The van der Waals surface area contributed by atoms with Crippen LogP contribution >= 0.6 is 11.3 Å². The number of H-pyrrole nitrogens is 2. The van der Waals surface area contributed by atoms with Crippen LogP contribution < -0.4 is 5.69 Å². The van der Waals surface area contributed by atoms with Gasteiger partial charge >= 0.3 is 5.69 Å². The first-order chi connectivity index (χ1) is 10.3. The highest BCUT2D eigenvalue weighted by atomic mass is 32.1. The normalized spacial score (nSPS) is 11.2. The van der Waals surface area contributed by atoms with Crippen molar-refractivity contribution in [2.24, 2.45) is 0 Å². The number of rotatable bonds is 3. The fraction of sp³-hybridized carbons (Fsp3) is 0.0714. The van der Waals surface area contributed by atoms with Crippen molar-refractivity contribution < 1.29 is 0 Å². The van der Waals surface area contributed by atoms with Gasteiger partial charge < -0.3 is 4.98 Å². The summed E-state index contributed by atoms with van der Waals surface area (Å²) in [7, 11) is 0. The van der Waals surface area contributed by atoms with Gasteiger partial charge in [-0.1, -0.05) is 0 Å². The summed E-state index contributed by atoms with van der Waals surface area (Å²) >= 11 is 1.66. The Hall–Kier alpha value is -2.67. The molecule has 0 aliphatic carbocycles. The highest BCUT2D eigenvalue weighted by molar-refractivity contribution is 7.15. The lowest BCUT2D eigenvalue weighted by Gasteiger charge is -1.96. The summed E-state index contributed by atoms with van der Waals surface area (Å²) in [6, 6.07) is 8.09. The summed E-state index contributed by atoms with van der Waals surface area (Å²) in [5.41, 5.74) is 1.82. The van der Waals surface area contributed by atoms with E-state index >= 15 is 0 Å². The fourth-order valence-corrected chi connectivity index (χ4v) is 3.36. The number of hydrogen-bond acceptors (Lipinski definition) is 4. The predicted molar refractivity (Wildman–Crippen MR) is 81.4 cm³/mol. The topological polar surface area (TPSA) is 79.4 Å². The molecule has 0 aliphatic rings. The highest BCUT2D eigenvalue weighted by Crippen LogP contribution is 2.33. The van der Waals surface area contributed by atoms with Crippen molar-refractivity contribution in [1.82, 2.24) is 24.7 Å². The van der Waals surface area contributed by atoms with Crippen molar-refractivity contribution in [1.29, 1.82) is 0 Å². The Kier molecular flexibility index (Phi) is 2.71. The first-order valence-corrected chi connectivity index (χ1v) is 7.24. The van der Waals surface area contributed by atoms with Crippen LogP contribution in [0.15, 0.2) is 47.8 Å². The molecule has 104 valence electrons. The van der Waals surface area contributed by atoms with Gasteiger partial charge in [0.2, 0.25) is 0 Å². The summed E-state index contributed by atoms with van der Waals surface area (Å²) in [4.78, 5) is 21.2. The molecule has 0 saturated heterocycles. The van der Waals surface area contributed by atoms with E-state index in [1.807, 2.05) is 24.4 Å². The van der Waals surface area contributed by atoms with Gasteiger partial charge in [-0.3, -0.25) is 4.57 Å². The molecule has 0 aromatic carbocycles. The maximum absolute atomic E-state index is 11.5. The number of nitrogens with zero attached hydrogens (tertiary/aromatic N) is 3. The monoisotopic (exact) mass is 297 g/mol. The Balaban J connectivity index is 1.71. The highest BCUT2D eigenvalue weighted by Gasteiger charge is 2.10. The molecule has 4 aromatic heterocycles. The molecular formula is C14H11N5OS. The average molecular weight is 297 g/mol. The molecule has 0 radical (unpaired) electrons. The van der Waals surface area contributed by atoms with Gasteiger partial charge in [0, 0.05) is 33.1 Å². The van der Waals surface area contributed by atoms with Crippen LogP contribution in [0.4, 0.5) is 0 Å². The second-order valence-corrected chi connectivity index (χ2v) is 5.83. The van der Waals surface area contributed by atoms with Crippen molar-refractivity contribution in [2.45, 2.75) is 6.54 Å². The summed E-state index contributed by atoms with van der Waals surface area (Å²) in [5.74, 6) is 0. The zero-order valence-corrected chi connectivity index (χ0v) is 11.7. The van der Waals surface area contributed by atoms with E-state index < -0.39 is 0 Å². The lowest BCUT2D eigenvalue weighted by atomic mass is 10.2. The van der Waals surface area contributed by atoms with Gasteiger partial charge in [0.05, 0.1) is 6.54 Å². The van der Waals surface area contributed by atoms with E-state index in [-0.39, 0.29) is 5.69 Å². The Labute approximate surface area is 123 Å². The number of pyridine rings is 1. The summed E-state index contributed by atoms with van der Waals surface area (Å²) in [6.07, 6.45) is 5.25. The molecule has 4 rings (SSSR count). The minimum atomic E-state index is -0.193. The zero-order chi connectivity index (χ0) is 14.2. The standard InChI is InChI=1S/C14H11N5OS/c20-14-18-17-8-19(14)7-9-3-4-12(21-9)11-6-16-13-10(11)2-1-5-15-13/h1-6,8H,7H2,(H,15,16)(H,18,20). The molecule has 4 aromatic rings. The van der Waals surface area contributed by atoms with Crippen LogP contribution in [0.2, 0.25) is 0 Å². The lowest BCUT2D eigenvalue weighted by molar-refractivity contribution is 0.772. The maximum atomic E-state index is 11.5. The van der Waals surface area contributed by atoms with Crippen molar-refractivity contribution in [3.05, 3.63) is 58.3 Å². The van der Waals surface area contributed by atoms with Crippen LogP contribution in [0.1, 0.15) is 4.88 Å². The number of hydrogen-bond donors (Lipinski definition) is 2.